The molecule has 266 valence electrons. The lowest BCUT2D eigenvalue weighted by Gasteiger charge is -2.71. The molecular weight excluding hydrogens is 608 g/mol. The van der Waals surface area contributed by atoms with Crippen molar-refractivity contribution >= 4 is 11.9 Å². The zero-order valence-corrected chi connectivity index (χ0v) is 28.7. The monoisotopic (exact) mass is 664 g/mol. The fourth-order valence-electron chi connectivity index (χ4n) is 12.0. The second-order valence-electron chi connectivity index (χ2n) is 17.6. The lowest BCUT2D eigenvalue weighted by molar-refractivity contribution is -0.298. The summed E-state index contributed by atoms with van der Waals surface area (Å²) in [7, 11) is 0. The maximum absolute atomic E-state index is 14.4. The van der Waals surface area contributed by atoms with Crippen LogP contribution in [0.1, 0.15) is 99.3 Å². The molecule has 0 unspecified atom stereocenters. The third-order valence-corrected chi connectivity index (χ3v) is 15.4. The summed E-state index contributed by atoms with van der Waals surface area (Å²) in [5, 5.41) is 74.5. The number of aliphatic hydroxyl groups is 6. The number of carbonyl (C=O) groups is 2. The van der Waals surface area contributed by atoms with Crippen LogP contribution in [0.2, 0.25) is 0 Å². The third kappa shape index (κ3) is 4.55. The van der Waals surface area contributed by atoms with Crippen LogP contribution in [-0.4, -0.2) is 97.2 Å². The van der Waals surface area contributed by atoms with Crippen molar-refractivity contribution in [2.45, 2.75) is 142 Å². The van der Waals surface area contributed by atoms with Gasteiger partial charge in [0.05, 0.1) is 29.6 Å². The number of aliphatic carboxylic acids is 1. The van der Waals surface area contributed by atoms with Gasteiger partial charge in [-0.05, 0) is 98.2 Å². The number of rotatable bonds is 4. The van der Waals surface area contributed by atoms with Crippen molar-refractivity contribution in [2.24, 2.45) is 50.2 Å². The van der Waals surface area contributed by atoms with Crippen LogP contribution in [0.3, 0.4) is 0 Å². The lowest BCUT2D eigenvalue weighted by Crippen LogP contribution is -2.68. The Balaban J connectivity index is 1.39. The molecule has 0 radical (unpaired) electrons. The van der Waals surface area contributed by atoms with Crippen LogP contribution >= 0.6 is 0 Å². The number of allylic oxidation sites excluding steroid dienone is 1. The number of hydrogen-bond donors (Lipinski definition) is 7. The number of carboxylic acids is 1. The number of carbonyl (C=O) groups excluding carboxylic acids is 1. The lowest BCUT2D eigenvalue weighted by atomic mass is 9.33. The van der Waals surface area contributed by atoms with Crippen LogP contribution in [-0.2, 0) is 19.1 Å². The molecule has 11 heteroatoms. The van der Waals surface area contributed by atoms with Crippen molar-refractivity contribution < 1.29 is 54.8 Å². The van der Waals surface area contributed by atoms with E-state index in [9.17, 15) is 45.3 Å². The van der Waals surface area contributed by atoms with Gasteiger partial charge in [0.25, 0.3) is 0 Å². The molecule has 4 saturated carbocycles. The SMILES string of the molecule is CC1(C)CC[C@@]2(C(=O)O[C@H]3O[C@@H](CO)[C@@H](O)[C@@H](O)[C@H]3O)CC[C@@]3(C)C(=CC[C@H]4[C@@]5(C)CC[C@H](O)[C@@](C)(C(=O)O)[C@@H]5CC[C@@]43C)[C@@H]2[C@@H]1O. The molecule has 15 atom stereocenters. The standard InChI is InChI=1S/C36H56O11/c1-31(2)13-15-36(30(45)47-28-26(41)25(40)24(39)19(17-37)46-28)16-14-33(4)18(23(36)27(31)42)7-8-20-32(3)11-10-22(38)35(6,29(43)44)21(32)9-12-34(20,33)5/h7,19-28,37-42H,8-17H2,1-6H3,(H,43,44)/t19-,20-,21+,22-,23+,24+,25+,26+,27-,28+,32+,33-,34-,35-,36+/m0/s1. The highest BCUT2D eigenvalue weighted by molar-refractivity contribution is 5.79. The fourth-order valence-corrected chi connectivity index (χ4v) is 12.0. The van der Waals surface area contributed by atoms with Gasteiger partial charge in [-0.25, -0.2) is 0 Å². The molecule has 5 aliphatic carbocycles. The van der Waals surface area contributed by atoms with Crippen molar-refractivity contribution in [3.8, 4) is 0 Å². The molecule has 0 spiro atoms. The maximum atomic E-state index is 14.4. The van der Waals surface area contributed by atoms with Crippen molar-refractivity contribution in [2.75, 3.05) is 6.61 Å². The van der Waals surface area contributed by atoms with Crippen LogP contribution in [0.25, 0.3) is 0 Å². The minimum absolute atomic E-state index is 0.135. The van der Waals surface area contributed by atoms with Gasteiger partial charge < -0.3 is 45.2 Å². The average Bonchev–Trinajstić information content (AvgIpc) is 3.01. The van der Waals surface area contributed by atoms with E-state index in [2.05, 4.69) is 26.8 Å². The Labute approximate surface area is 277 Å². The largest absolute Gasteiger partial charge is 0.481 e. The number of hydrogen-bond acceptors (Lipinski definition) is 10. The number of ether oxygens (including phenoxy) is 2. The first-order chi connectivity index (χ1) is 21.8. The van der Waals surface area contributed by atoms with Gasteiger partial charge >= 0.3 is 11.9 Å². The summed E-state index contributed by atoms with van der Waals surface area (Å²) in [5.41, 5.74) is -2.83. The van der Waals surface area contributed by atoms with E-state index >= 15 is 0 Å². The molecule has 6 rings (SSSR count). The predicted molar refractivity (Wildman–Crippen MR) is 168 cm³/mol. The van der Waals surface area contributed by atoms with Gasteiger partial charge in [0.1, 0.15) is 24.4 Å². The van der Waals surface area contributed by atoms with E-state index in [1.165, 1.54) is 0 Å². The number of esters is 1. The molecule has 1 aliphatic heterocycles. The summed E-state index contributed by atoms with van der Waals surface area (Å²) in [4.78, 5) is 27.1. The van der Waals surface area contributed by atoms with E-state index in [0.29, 0.717) is 44.9 Å². The molecule has 0 aromatic carbocycles. The average molecular weight is 665 g/mol. The Morgan fingerprint density at radius 2 is 1.51 bits per heavy atom. The Hall–Kier alpha value is -1.60. The van der Waals surface area contributed by atoms with E-state index in [-0.39, 0.29) is 22.7 Å². The zero-order valence-electron chi connectivity index (χ0n) is 28.7. The fraction of sp³-hybridized carbons (Fsp3) is 0.889. The maximum Gasteiger partial charge on any atom is 0.315 e. The quantitative estimate of drug-likeness (QED) is 0.172. The minimum atomic E-state index is -1.72. The Bertz CT molecular complexity index is 1310. The van der Waals surface area contributed by atoms with E-state index < -0.39 is 89.0 Å². The Morgan fingerprint density at radius 1 is 0.851 bits per heavy atom. The first-order valence-electron chi connectivity index (χ1n) is 17.6. The molecule has 11 nitrogen and oxygen atoms in total. The highest BCUT2D eigenvalue weighted by atomic mass is 16.7. The van der Waals surface area contributed by atoms with Gasteiger partial charge in [0.15, 0.2) is 0 Å². The van der Waals surface area contributed by atoms with Crippen LogP contribution in [0.5, 0.6) is 0 Å². The number of fused-ring (bicyclic) bond motifs is 7. The summed E-state index contributed by atoms with van der Waals surface area (Å²) in [6.07, 6.45) is -2.06. The topological polar surface area (TPSA) is 194 Å². The molecule has 6 aliphatic rings. The molecule has 0 aromatic heterocycles. The third-order valence-electron chi connectivity index (χ3n) is 15.4. The molecule has 5 fully saturated rings. The van der Waals surface area contributed by atoms with Crippen molar-refractivity contribution in [3.63, 3.8) is 0 Å². The second-order valence-corrected chi connectivity index (χ2v) is 17.6. The van der Waals surface area contributed by atoms with Crippen LogP contribution in [0.15, 0.2) is 11.6 Å². The van der Waals surface area contributed by atoms with Crippen LogP contribution < -0.4 is 0 Å². The minimum Gasteiger partial charge on any atom is -0.481 e. The molecule has 1 heterocycles. The predicted octanol–water partition coefficient (Wildman–Crippen LogP) is 2.53. The van der Waals surface area contributed by atoms with Gasteiger partial charge in [0.2, 0.25) is 6.29 Å². The summed E-state index contributed by atoms with van der Waals surface area (Å²) < 4.78 is 11.4. The van der Waals surface area contributed by atoms with Gasteiger partial charge in [-0.1, -0.05) is 46.3 Å². The highest BCUT2D eigenvalue weighted by Crippen LogP contribution is 2.76. The molecule has 0 bridgehead atoms. The Kier molecular flexibility index (Phi) is 8.40. The normalized spacial score (nSPS) is 53.7. The van der Waals surface area contributed by atoms with E-state index in [0.717, 1.165) is 18.4 Å². The summed E-state index contributed by atoms with van der Waals surface area (Å²) >= 11 is 0. The second kappa shape index (κ2) is 11.2. The molecular formula is C36H56O11. The highest BCUT2D eigenvalue weighted by Gasteiger charge is 2.72. The molecule has 7 N–H and O–H groups in total. The first kappa shape index (κ1) is 35.2. The van der Waals surface area contributed by atoms with Gasteiger partial charge in [-0.15, -0.1) is 0 Å². The van der Waals surface area contributed by atoms with Gasteiger partial charge in [-0.2, -0.15) is 0 Å². The molecule has 47 heavy (non-hydrogen) atoms. The molecule has 1 saturated heterocycles. The summed E-state index contributed by atoms with van der Waals surface area (Å²) in [5.74, 6) is -2.22. The van der Waals surface area contributed by atoms with Crippen LogP contribution in [0.4, 0.5) is 0 Å². The number of aliphatic hydroxyl groups excluding tert-OH is 6. The van der Waals surface area contributed by atoms with Crippen molar-refractivity contribution in [1.82, 2.24) is 0 Å². The molecule has 0 amide bonds. The van der Waals surface area contributed by atoms with Crippen molar-refractivity contribution in [1.29, 1.82) is 0 Å². The zero-order chi connectivity index (χ0) is 34.7. The first-order valence-corrected chi connectivity index (χ1v) is 17.6. The Morgan fingerprint density at radius 3 is 2.15 bits per heavy atom. The van der Waals surface area contributed by atoms with Crippen molar-refractivity contribution in [3.05, 3.63) is 11.6 Å². The van der Waals surface area contributed by atoms with E-state index in [1.54, 1.807) is 6.92 Å². The van der Waals surface area contributed by atoms with E-state index in [1.807, 2.05) is 13.8 Å². The van der Waals surface area contributed by atoms with Gasteiger partial charge in [0, 0.05) is 5.92 Å². The van der Waals surface area contributed by atoms with E-state index in [4.69, 9.17) is 9.47 Å². The summed E-state index contributed by atoms with van der Waals surface area (Å²) in [6, 6.07) is 0. The van der Waals surface area contributed by atoms with Gasteiger partial charge in [-0.3, -0.25) is 9.59 Å². The van der Waals surface area contributed by atoms with Crippen LogP contribution in [0, 0.1) is 50.2 Å². The summed E-state index contributed by atoms with van der Waals surface area (Å²) in [6.45, 7) is 11.9. The smallest absolute Gasteiger partial charge is 0.315 e. The number of carboxylic acid groups (broad SMARTS) is 1. The molecule has 0 aromatic rings.